The summed E-state index contributed by atoms with van der Waals surface area (Å²) in [5.41, 5.74) is 6.05. The first-order valence-electron chi connectivity index (χ1n) is 20.5. The Bertz CT molecular complexity index is 1030. The Balaban J connectivity index is 4.35. The number of aliphatic carboxylic acids is 1. The van der Waals surface area contributed by atoms with Crippen LogP contribution in [-0.2, 0) is 23.9 Å². The fourth-order valence-electron chi connectivity index (χ4n) is 5.48. The van der Waals surface area contributed by atoms with E-state index in [2.05, 4.69) is 39.0 Å². The van der Waals surface area contributed by atoms with Crippen molar-refractivity contribution in [1.82, 2.24) is 0 Å². The molecule has 53 heavy (non-hydrogen) atoms. The molecule has 306 valence electrons. The lowest BCUT2D eigenvalue weighted by molar-refractivity contribution is -0.153. The predicted molar refractivity (Wildman–Crippen MR) is 220 cm³/mol. The van der Waals surface area contributed by atoms with E-state index < -0.39 is 35.4 Å². The van der Waals surface area contributed by atoms with Gasteiger partial charge in [-0.05, 0) is 44.4 Å². The Morgan fingerprint density at radius 1 is 0.698 bits per heavy atom. The van der Waals surface area contributed by atoms with E-state index in [1.165, 1.54) is 88.8 Å². The van der Waals surface area contributed by atoms with Crippen molar-refractivity contribution >= 4 is 29.7 Å². The highest BCUT2D eigenvalue weighted by atomic mass is 32.2. The number of unbranched alkanes of at least 4 members (excludes halogenated alkanes) is 13. The van der Waals surface area contributed by atoms with Crippen LogP contribution >= 0.6 is 11.8 Å². The van der Waals surface area contributed by atoms with E-state index in [1.54, 1.807) is 0 Å². The lowest BCUT2D eigenvalue weighted by Gasteiger charge is -2.21. The van der Waals surface area contributed by atoms with Gasteiger partial charge in [-0.3, -0.25) is 14.4 Å². The van der Waals surface area contributed by atoms with Gasteiger partial charge in [0.05, 0.1) is 6.10 Å². The predicted octanol–water partition coefficient (Wildman–Crippen LogP) is 9.40. The van der Waals surface area contributed by atoms with Crippen molar-refractivity contribution in [2.24, 2.45) is 11.7 Å². The fraction of sp³-hybridized carbons (Fsp3) is 0.744. The zero-order valence-electron chi connectivity index (χ0n) is 33.3. The molecule has 0 bridgehead atoms. The highest BCUT2D eigenvalue weighted by Crippen LogP contribution is 2.22. The summed E-state index contributed by atoms with van der Waals surface area (Å²) in [5, 5.41) is 29.5. The van der Waals surface area contributed by atoms with E-state index in [1.807, 2.05) is 30.4 Å². The second-order valence-corrected chi connectivity index (χ2v) is 15.7. The molecule has 0 radical (unpaired) electrons. The zero-order valence-corrected chi connectivity index (χ0v) is 34.2. The molecule has 10 heteroatoms. The number of nitrogens with two attached hydrogens (primary N) is 1. The molecule has 9 nitrogen and oxygen atoms in total. The van der Waals surface area contributed by atoms with Crippen molar-refractivity contribution in [1.29, 1.82) is 0 Å². The van der Waals surface area contributed by atoms with E-state index >= 15 is 0 Å². The highest BCUT2D eigenvalue weighted by Gasteiger charge is 2.23. The highest BCUT2D eigenvalue weighted by molar-refractivity contribution is 8.00. The lowest BCUT2D eigenvalue weighted by Crippen LogP contribution is -2.38. The number of aliphatic hydroxyl groups excluding tert-OH is 2. The molecule has 0 saturated carbocycles. The van der Waals surface area contributed by atoms with Crippen LogP contribution in [0.15, 0.2) is 48.6 Å². The third-order valence-electron chi connectivity index (χ3n) is 8.74. The fourth-order valence-corrected chi connectivity index (χ4v) is 6.60. The van der Waals surface area contributed by atoms with Crippen LogP contribution < -0.4 is 5.73 Å². The van der Waals surface area contributed by atoms with E-state index in [0.717, 1.165) is 38.0 Å². The maximum Gasteiger partial charge on any atom is 0.323 e. The monoisotopic (exact) mass is 766 g/mol. The summed E-state index contributed by atoms with van der Waals surface area (Å²) >= 11 is 1.27. The number of esters is 2. The van der Waals surface area contributed by atoms with Crippen molar-refractivity contribution < 1.29 is 39.2 Å². The number of hydrogen-bond donors (Lipinski definition) is 4. The summed E-state index contributed by atoms with van der Waals surface area (Å²) < 4.78 is 10.3. The van der Waals surface area contributed by atoms with E-state index in [0.29, 0.717) is 12.8 Å². The van der Waals surface area contributed by atoms with Gasteiger partial charge in [0.25, 0.3) is 0 Å². The molecule has 0 unspecified atom stereocenters. The van der Waals surface area contributed by atoms with Gasteiger partial charge in [-0.2, -0.15) is 0 Å². The number of carboxylic acids is 1. The molecule has 0 aromatic rings. The van der Waals surface area contributed by atoms with Gasteiger partial charge in [-0.15, -0.1) is 11.8 Å². The summed E-state index contributed by atoms with van der Waals surface area (Å²) in [6.07, 6.45) is 34.8. The Kier molecular flexibility index (Phi) is 34.9. The number of carbonyl (C=O) groups is 3. The molecule has 0 aliphatic heterocycles. The summed E-state index contributed by atoms with van der Waals surface area (Å²) in [7, 11) is 0. The zero-order chi connectivity index (χ0) is 39.4. The molecular weight excluding hydrogens is 691 g/mol. The van der Waals surface area contributed by atoms with E-state index in [4.69, 9.17) is 20.3 Å². The van der Waals surface area contributed by atoms with Crippen molar-refractivity contribution in [2.45, 2.75) is 179 Å². The first-order chi connectivity index (χ1) is 25.6. The summed E-state index contributed by atoms with van der Waals surface area (Å²) in [6, 6.07) is -1.01. The molecule has 4 atom stereocenters. The quantitative estimate of drug-likeness (QED) is 0.0210. The SMILES string of the molecule is CCCCC/C=C\C\C=C/C=C/C=C/[C@@H](SC[C@H](N)C(=O)OC[C@H](O)COC(=O)CCCCCCCCCCCCCC(C)C)[C@@H](O)CCCC(=O)O. The molecule has 0 amide bonds. The maximum atomic E-state index is 12.5. The number of carbonyl (C=O) groups excluding carboxylic acids is 2. The van der Waals surface area contributed by atoms with Crippen LogP contribution in [-0.4, -0.2) is 75.7 Å². The molecule has 0 aromatic carbocycles. The van der Waals surface area contributed by atoms with Crippen LogP contribution in [0.4, 0.5) is 0 Å². The molecule has 0 aromatic heterocycles. The first kappa shape index (κ1) is 50.6. The van der Waals surface area contributed by atoms with Gasteiger partial charge in [-0.25, -0.2) is 0 Å². The minimum Gasteiger partial charge on any atom is -0.481 e. The second-order valence-electron chi connectivity index (χ2n) is 14.4. The van der Waals surface area contributed by atoms with Crippen LogP contribution in [0.5, 0.6) is 0 Å². The smallest absolute Gasteiger partial charge is 0.323 e. The first-order valence-corrected chi connectivity index (χ1v) is 21.5. The number of thioether (sulfide) groups is 1. The molecule has 5 N–H and O–H groups in total. The maximum absolute atomic E-state index is 12.5. The summed E-state index contributed by atoms with van der Waals surface area (Å²) in [4.78, 5) is 35.5. The number of hydrogen-bond acceptors (Lipinski definition) is 9. The third-order valence-corrected chi connectivity index (χ3v) is 10.1. The molecular formula is C43H75NO8S. The van der Waals surface area contributed by atoms with Gasteiger partial charge >= 0.3 is 17.9 Å². The standard InChI is InChI=1S/C43H75NO8S/c1-4-5-6-7-8-9-10-13-16-19-22-25-30-40(39(46)29-27-31-41(47)48)53-35-38(44)43(50)52-34-37(45)33-51-42(49)32-26-23-20-17-14-11-12-15-18-21-24-28-36(2)3/h8-9,13,16,19,22,25,30,36-40,45-46H,4-7,10-12,14-15,17-18,20-21,23-24,26-29,31-35,44H2,1-3H3,(H,47,48)/b9-8-,16-13-,22-19+,30-25+/t37-,38+,39+,40-/m1/s1. The van der Waals surface area contributed by atoms with Crippen LogP contribution in [0, 0.1) is 5.92 Å². The van der Waals surface area contributed by atoms with Crippen molar-refractivity contribution in [3.63, 3.8) is 0 Å². The Labute approximate surface area is 326 Å². The summed E-state index contributed by atoms with van der Waals surface area (Å²) in [5.74, 6) is -1.06. The van der Waals surface area contributed by atoms with Gasteiger partial charge in [0.2, 0.25) is 0 Å². The third kappa shape index (κ3) is 35.1. The minimum atomic E-state index is -1.16. The summed E-state index contributed by atoms with van der Waals surface area (Å²) in [6.45, 7) is 6.15. The molecule has 0 rings (SSSR count). The number of aliphatic hydroxyl groups is 2. The van der Waals surface area contributed by atoms with Crippen LogP contribution in [0.2, 0.25) is 0 Å². The van der Waals surface area contributed by atoms with Crippen molar-refractivity contribution in [3.8, 4) is 0 Å². The number of ether oxygens (including phenoxy) is 2. The normalized spacial score (nSPS) is 14.5. The van der Waals surface area contributed by atoms with E-state index in [9.17, 15) is 24.6 Å². The number of allylic oxidation sites excluding steroid dienone is 7. The van der Waals surface area contributed by atoms with Crippen LogP contribution in [0.3, 0.4) is 0 Å². The van der Waals surface area contributed by atoms with Crippen LogP contribution in [0.25, 0.3) is 0 Å². The second kappa shape index (κ2) is 36.6. The average Bonchev–Trinajstić information content (AvgIpc) is 3.12. The average molecular weight is 766 g/mol. The Hall–Kier alpha value is -2.40. The molecule has 0 saturated heterocycles. The van der Waals surface area contributed by atoms with Crippen LogP contribution in [0.1, 0.15) is 156 Å². The molecule has 0 fully saturated rings. The Morgan fingerprint density at radius 3 is 1.96 bits per heavy atom. The van der Waals surface area contributed by atoms with Crippen molar-refractivity contribution in [2.75, 3.05) is 19.0 Å². The van der Waals surface area contributed by atoms with Gasteiger partial charge in [0.1, 0.15) is 25.4 Å². The number of carboxylic acid groups (broad SMARTS) is 1. The molecule has 0 aliphatic carbocycles. The van der Waals surface area contributed by atoms with Gasteiger partial charge < -0.3 is 30.5 Å². The van der Waals surface area contributed by atoms with E-state index in [-0.39, 0.29) is 37.8 Å². The lowest BCUT2D eigenvalue weighted by atomic mass is 10.0. The van der Waals surface area contributed by atoms with Gasteiger partial charge in [0, 0.05) is 23.8 Å². The number of rotatable bonds is 36. The van der Waals surface area contributed by atoms with Gasteiger partial charge in [0.15, 0.2) is 0 Å². The molecule has 0 heterocycles. The topological polar surface area (TPSA) is 156 Å². The molecule has 0 spiro atoms. The largest absolute Gasteiger partial charge is 0.481 e. The molecule has 0 aliphatic rings. The Morgan fingerprint density at radius 2 is 1.32 bits per heavy atom. The van der Waals surface area contributed by atoms with Gasteiger partial charge in [-0.1, -0.05) is 153 Å². The van der Waals surface area contributed by atoms with Crippen molar-refractivity contribution in [3.05, 3.63) is 48.6 Å². The minimum absolute atomic E-state index is 0.0432.